The largest absolute Gasteiger partial charge is 0.474 e. The maximum Gasteiger partial charge on any atom is 0.474 e. The second-order valence-corrected chi connectivity index (χ2v) is 4.58. The molecule has 0 radical (unpaired) electrons. The van der Waals surface area contributed by atoms with Crippen LogP contribution in [0.25, 0.3) is 0 Å². The molecule has 0 N–H and O–H groups in total. The summed E-state index contributed by atoms with van der Waals surface area (Å²) in [4.78, 5) is 0. The Morgan fingerprint density at radius 1 is 1.20 bits per heavy atom. The Kier molecular flexibility index (Phi) is 4.99. The van der Waals surface area contributed by atoms with Crippen LogP contribution in [0.2, 0.25) is 0 Å². The molecule has 0 bridgehead atoms. The highest BCUT2D eigenvalue weighted by Gasteiger charge is 2.23. The van der Waals surface area contributed by atoms with Crippen molar-refractivity contribution in [2.45, 2.75) is 13.5 Å². The highest BCUT2D eigenvalue weighted by molar-refractivity contribution is 7.48. The summed E-state index contributed by atoms with van der Waals surface area (Å²) >= 11 is 0. The normalized spacial score (nSPS) is 14.8. The van der Waals surface area contributed by atoms with Crippen LogP contribution in [0.1, 0.15) is 12.5 Å². The molecule has 0 heterocycles. The van der Waals surface area contributed by atoms with Gasteiger partial charge < -0.3 is 0 Å². The quantitative estimate of drug-likeness (QED) is 0.704. The molecule has 0 fully saturated rings. The van der Waals surface area contributed by atoms with Crippen LogP contribution in [-0.4, -0.2) is 13.7 Å². The molecule has 1 rings (SSSR count). The zero-order valence-corrected chi connectivity index (χ0v) is 9.78. The molecule has 84 valence electrons. The number of hydrogen-bond acceptors (Lipinski definition) is 4. The standard InChI is InChI=1S/C10H15O4P/c1-3-13-15(11,12-2)14-9-10-7-5-4-6-8-10/h4-8H,3,9H2,1-2H3. The first-order valence-electron chi connectivity index (χ1n) is 4.69. The van der Waals surface area contributed by atoms with Gasteiger partial charge in [0.2, 0.25) is 0 Å². The molecule has 0 aliphatic rings. The van der Waals surface area contributed by atoms with Gasteiger partial charge in [-0.25, -0.2) is 4.57 Å². The van der Waals surface area contributed by atoms with E-state index in [1.54, 1.807) is 6.92 Å². The molecule has 0 amide bonds. The van der Waals surface area contributed by atoms with Gasteiger partial charge >= 0.3 is 7.82 Å². The summed E-state index contributed by atoms with van der Waals surface area (Å²) in [6.07, 6.45) is 0. The predicted molar refractivity (Wildman–Crippen MR) is 57.5 cm³/mol. The topological polar surface area (TPSA) is 44.8 Å². The molecule has 0 spiro atoms. The lowest BCUT2D eigenvalue weighted by Crippen LogP contribution is -1.98. The van der Waals surface area contributed by atoms with E-state index in [0.717, 1.165) is 5.56 Å². The molecular formula is C10H15O4P. The summed E-state index contributed by atoms with van der Waals surface area (Å²) in [5, 5.41) is 0. The number of phosphoric ester groups is 1. The molecule has 1 aromatic carbocycles. The minimum atomic E-state index is -3.37. The summed E-state index contributed by atoms with van der Waals surface area (Å²) < 4.78 is 26.4. The first-order valence-corrected chi connectivity index (χ1v) is 6.15. The highest BCUT2D eigenvalue weighted by atomic mass is 31.2. The van der Waals surface area contributed by atoms with E-state index >= 15 is 0 Å². The number of hydrogen-bond donors (Lipinski definition) is 0. The van der Waals surface area contributed by atoms with Gasteiger partial charge in [-0.1, -0.05) is 30.3 Å². The maximum absolute atomic E-state index is 11.7. The Labute approximate surface area is 89.8 Å². The zero-order chi connectivity index (χ0) is 11.1. The molecule has 1 atom stereocenters. The van der Waals surface area contributed by atoms with E-state index in [4.69, 9.17) is 13.6 Å². The van der Waals surface area contributed by atoms with Gasteiger partial charge in [-0.15, -0.1) is 0 Å². The number of rotatable bonds is 6. The minimum absolute atomic E-state index is 0.214. The fourth-order valence-electron chi connectivity index (χ4n) is 1.03. The van der Waals surface area contributed by atoms with Crippen LogP contribution < -0.4 is 0 Å². The third-order valence-electron chi connectivity index (χ3n) is 1.74. The SMILES string of the molecule is CCOP(=O)(OC)OCc1ccccc1. The second-order valence-electron chi connectivity index (χ2n) is 2.81. The second kappa shape index (κ2) is 6.03. The van der Waals surface area contributed by atoms with Crippen molar-refractivity contribution in [3.05, 3.63) is 35.9 Å². The van der Waals surface area contributed by atoms with E-state index in [9.17, 15) is 4.57 Å². The lowest BCUT2D eigenvalue weighted by molar-refractivity contribution is 0.130. The van der Waals surface area contributed by atoms with Crippen LogP contribution >= 0.6 is 7.82 Å². The minimum Gasteiger partial charge on any atom is -0.290 e. The molecule has 4 nitrogen and oxygen atoms in total. The van der Waals surface area contributed by atoms with Gasteiger partial charge in [0.1, 0.15) is 0 Å². The van der Waals surface area contributed by atoms with Crippen LogP contribution in [0.3, 0.4) is 0 Å². The average Bonchev–Trinajstić information content (AvgIpc) is 2.28. The Morgan fingerprint density at radius 2 is 1.87 bits per heavy atom. The summed E-state index contributed by atoms with van der Waals surface area (Å²) in [6, 6.07) is 9.44. The van der Waals surface area contributed by atoms with E-state index in [-0.39, 0.29) is 6.61 Å². The van der Waals surface area contributed by atoms with E-state index < -0.39 is 7.82 Å². The van der Waals surface area contributed by atoms with E-state index in [0.29, 0.717) is 6.61 Å². The third kappa shape index (κ3) is 4.14. The molecule has 0 saturated heterocycles. The van der Waals surface area contributed by atoms with Crippen molar-refractivity contribution in [2.24, 2.45) is 0 Å². The average molecular weight is 230 g/mol. The van der Waals surface area contributed by atoms with Gasteiger partial charge in [0, 0.05) is 7.11 Å². The smallest absolute Gasteiger partial charge is 0.290 e. The van der Waals surface area contributed by atoms with Crippen LogP contribution in [0, 0.1) is 0 Å². The van der Waals surface area contributed by atoms with Crippen LogP contribution in [0.5, 0.6) is 0 Å². The Hall–Kier alpha value is -0.670. The summed E-state index contributed by atoms with van der Waals surface area (Å²) in [5.41, 5.74) is 0.925. The molecule has 0 aliphatic heterocycles. The van der Waals surface area contributed by atoms with Crippen molar-refractivity contribution in [1.29, 1.82) is 0 Å². The zero-order valence-electron chi connectivity index (χ0n) is 8.88. The van der Waals surface area contributed by atoms with Gasteiger partial charge in [0.05, 0.1) is 13.2 Å². The van der Waals surface area contributed by atoms with Gasteiger partial charge in [-0.3, -0.25) is 13.6 Å². The van der Waals surface area contributed by atoms with Crippen molar-refractivity contribution in [3.8, 4) is 0 Å². The summed E-state index contributed by atoms with van der Waals surface area (Å²) in [5.74, 6) is 0. The summed E-state index contributed by atoms with van der Waals surface area (Å²) in [7, 11) is -2.06. The van der Waals surface area contributed by atoms with Crippen molar-refractivity contribution in [1.82, 2.24) is 0 Å². The Bertz CT molecular complexity index is 325. The lowest BCUT2D eigenvalue weighted by Gasteiger charge is -2.14. The predicted octanol–water partition coefficient (Wildman–Crippen LogP) is 2.99. The first kappa shape index (κ1) is 12.4. The first-order chi connectivity index (χ1) is 7.20. The lowest BCUT2D eigenvalue weighted by atomic mass is 10.2. The molecule has 5 heteroatoms. The molecule has 1 unspecified atom stereocenters. The van der Waals surface area contributed by atoms with Crippen LogP contribution in [0.15, 0.2) is 30.3 Å². The van der Waals surface area contributed by atoms with Gasteiger partial charge in [-0.05, 0) is 12.5 Å². The van der Waals surface area contributed by atoms with Crippen LogP contribution in [0.4, 0.5) is 0 Å². The highest BCUT2D eigenvalue weighted by Crippen LogP contribution is 2.48. The van der Waals surface area contributed by atoms with E-state index in [1.165, 1.54) is 7.11 Å². The fourth-order valence-corrected chi connectivity index (χ4v) is 1.94. The Morgan fingerprint density at radius 3 is 2.40 bits per heavy atom. The number of phosphoric acid groups is 1. The Balaban J connectivity index is 2.51. The van der Waals surface area contributed by atoms with Crippen molar-refractivity contribution < 1.29 is 18.1 Å². The van der Waals surface area contributed by atoms with E-state index in [1.807, 2.05) is 30.3 Å². The van der Waals surface area contributed by atoms with Crippen molar-refractivity contribution in [3.63, 3.8) is 0 Å². The maximum atomic E-state index is 11.7. The van der Waals surface area contributed by atoms with Gasteiger partial charge in [0.25, 0.3) is 0 Å². The van der Waals surface area contributed by atoms with Gasteiger partial charge in [-0.2, -0.15) is 0 Å². The molecular weight excluding hydrogens is 215 g/mol. The fraction of sp³-hybridized carbons (Fsp3) is 0.400. The monoisotopic (exact) mass is 230 g/mol. The summed E-state index contributed by atoms with van der Waals surface area (Å²) in [6.45, 7) is 2.24. The molecule has 1 aromatic rings. The third-order valence-corrected chi connectivity index (χ3v) is 3.21. The molecule has 0 aromatic heterocycles. The van der Waals surface area contributed by atoms with Gasteiger partial charge in [0.15, 0.2) is 0 Å². The van der Waals surface area contributed by atoms with E-state index in [2.05, 4.69) is 0 Å². The number of benzene rings is 1. The molecule has 15 heavy (non-hydrogen) atoms. The van der Waals surface area contributed by atoms with Crippen LogP contribution in [-0.2, 0) is 24.7 Å². The van der Waals surface area contributed by atoms with Crippen molar-refractivity contribution >= 4 is 7.82 Å². The molecule has 0 aliphatic carbocycles. The van der Waals surface area contributed by atoms with Crippen molar-refractivity contribution in [2.75, 3.05) is 13.7 Å². The molecule has 0 saturated carbocycles.